The number of aliphatic hydroxyl groups excluding tert-OH is 8. The number of phenols is 3. The summed E-state index contributed by atoms with van der Waals surface area (Å²) >= 11 is 0. The Kier molecular flexibility index (Phi) is 8.52. The van der Waals surface area contributed by atoms with E-state index in [1.807, 2.05) is 0 Å². The van der Waals surface area contributed by atoms with Gasteiger partial charge in [-0.2, -0.15) is 0 Å². The van der Waals surface area contributed by atoms with Crippen LogP contribution in [-0.4, -0.2) is 125 Å². The topological polar surface area (TPSA) is 280 Å². The van der Waals surface area contributed by atoms with E-state index in [0.29, 0.717) is 0 Å². The molecule has 0 bridgehead atoms. The van der Waals surface area contributed by atoms with Crippen LogP contribution >= 0.6 is 0 Å². The SMILES string of the molecule is O=c1cc(-c2ccc(O)c(O)c2)oc2c([C@@H]3O[C@H](CO)[C@@H](O)[C@H](O)[C@H]3O)c(O[C@@H]3O[C@H](CO)[C@@H](O)[C@H](O)[C@H]3O)cc(O)c12. The van der Waals surface area contributed by atoms with Gasteiger partial charge in [0.2, 0.25) is 6.29 Å². The Morgan fingerprint density at radius 1 is 0.698 bits per heavy atom. The molecule has 234 valence electrons. The lowest BCUT2D eigenvalue weighted by Crippen LogP contribution is -2.60. The summed E-state index contributed by atoms with van der Waals surface area (Å²) in [6.45, 7) is -1.63. The maximum absolute atomic E-state index is 13.3. The van der Waals surface area contributed by atoms with Crippen molar-refractivity contribution in [3.05, 3.63) is 46.1 Å². The van der Waals surface area contributed by atoms with Crippen molar-refractivity contribution in [2.24, 2.45) is 0 Å². The quantitative estimate of drug-likeness (QED) is 0.126. The van der Waals surface area contributed by atoms with Gasteiger partial charge in [-0.15, -0.1) is 0 Å². The van der Waals surface area contributed by atoms with Crippen LogP contribution in [0.5, 0.6) is 23.0 Å². The van der Waals surface area contributed by atoms with E-state index >= 15 is 0 Å². The molecule has 2 aliphatic heterocycles. The summed E-state index contributed by atoms with van der Waals surface area (Å²) in [6, 6.07) is 5.30. The molecular formula is C27H30O16. The monoisotopic (exact) mass is 610 g/mol. The van der Waals surface area contributed by atoms with E-state index in [1.54, 1.807) is 0 Å². The van der Waals surface area contributed by atoms with E-state index < -0.39 is 114 Å². The third-order valence-corrected chi connectivity index (χ3v) is 7.51. The van der Waals surface area contributed by atoms with Gasteiger partial charge in [0.05, 0.1) is 18.8 Å². The highest BCUT2D eigenvalue weighted by atomic mass is 16.7. The minimum absolute atomic E-state index is 0.0776. The largest absolute Gasteiger partial charge is 0.507 e. The fourth-order valence-corrected chi connectivity index (χ4v) is 5.13. The first-order valence-corrected chi connectivity index (χ1v) is 13.0. The van der Waals surface area contributed by atoms with Crippen LogP contribution in [0.3, 0.4) is 0 Å². The van der Waals surface area contributed by atoms with Crippen molar-refractivity contribution in [2.75, 3.05) is 13.2 Å². The Morgan fingerprint density at radius 2 is 1.33 bits per heavy atom. The van der Waals surface area contributed by atoms with Gasteiger partial charge in [0.25, 0.3) is 0 Å². The molecule has 0 saturated carbocycles. The molecule has 0 amide bonds. The number of phenolic OH excluding ortho intramolecular Hbond substituents is 3. The number of hydrogen-bond acceptors (Lipinski definition) is 16. The van der Waals surface area contributed by atoms with Crippen molar-refractivity contribution >= 4 is 11.0 Å². The van der Waals surface area contributed by atoms with Gasteiger partial charge in [0, 0.05) is 17.7 Å². The van der Waals surface area contributed by atoms with E-state index in [0.717, 1.165) is 24.3 Å². The first-order valence-electron chi connectivity index (χ1n) is 13.0. The highest BCUT2D eigenvalue weighted by Gasteiger charge is 2.48. The summed E-state index contributed by atoms with van der Waals surface area (Å²) in [5.74, 6) is -2.49. The molecule has 16 heteroatoms. The lowest BCUT2D eigenvalue weighted by atomic mass is 9.89. The molecule has 3 heterocycles. The molecule has 1 aromatic heterocycles. The number of fused-ring (bicyclic) bond motifs is 1. The maximum atomic E-state index is 13.3. The van der Waals surface area contributed by atoms with Gasteiger partial charge >= 0.3 is 0 Å². The Bertz CT molecular complexity index is 1540. The zero-order valence-corrected chi connectivity index (χ0v) is 22.0. The minimum Gasteiger partial charge on any atom is -0.507 e. The fourth-order valence-electron chi connectivity index (χ4n) is 5.13. The molecule has 0 unspecified atom stereocenters. The molecule has 11 N–H and O–H groups in total. The van der Waals surface area contributed by atoms with Gasteiger partial charge < -0.3 is 74.8 Å². The summed E-state index contributed by atoms with van der Waals surface area (Å²) in [5.41, 5.74) is -1.65. The number of hydrogen-bond donors (Lipinski definition) is 11. The Labute approximate surface area is 241 Å². The second-order valence-electron chi connectivity index (χ2n) is 10.3. The zero-order chi connectivity index (χ0) is 31.3. The molecule has 0 spiro atoms. The molecule has 16 nitrogen and oxygen atoms in total. The van der Waals surface area contributed by atoms with Crippen molar-refractivity contribution in [1.82, 2.24) is 0 Å². The normalized spacial score (nSPS) is 33.0. The van der Waals surface area contributed by atoms with E-state index in [9.17, 15) is 61.0 Å². The van der Waals surface area contributed by atoms with Gasteiger partial charge in [0.1, 0.15) is 77.6 Å². The summed E-state index contributed by atoms with van der Waals surface area (Å²) in [6.07, 6.45) is -17.6. The standard InChI is InChI=1S/C27H30O16/c28-6-15-19(34)21(36)23(38)26(41-15)18-14(42-27-24(39)22(37)20(35)16(7-29)43-27)5-12(33)17-11(32)4-13(40-25(17)18)8-1-2-9(30)10(31)3-8/h1-5,15-16,19-24,26-31,33-39H,6-7H2/t15-,16-,19-,20-,21+,22+,23-,24-,26+,27-/m1/s1. The van der Waals surface area contributed by atoms with E-state index in [4.69, 9.17) is 18.6 Å². The second-order valence-corrected chi connectivity index (χ2v) is 10.3. The van der Waals surface area contributed by atoms with Crippen LogP contribution in [0.4, 0.5) is 0 Å². The van der Waals surface area contributed by atoms with Crippen molar-refractivity contribution in [1.29, 1.82) is 0 Å². The smallest absolute Gasteiger partial charge is 0.229 e. The second kappa shape index (κ2) is 11.9. The first-order chi connectivity index (χ1) is 20.4. The van der Waals surface area contributed by atoms with Crippen molar-refractivity contribution in [3.63, 3.8) is 0 Å². The van der Waals surface area contributed by atoms with Crippen molar-refractivity contribution in [2.45, 2.75) is 61.2 Å². The molecule has 0 aliphatic carbocycles. The first kappa shape index (κ1) is 30.9. The van der Waals surface area contributed by atoms with E-state index in [1.165, 1.54) is 6.07 Å². The van der Waals surface area contributed by atoms with Crippen molar-refractivity contribution in [3.8, 4) is 34.3 Å². The van der Waals surface area contributed by atoms with E-state index in [-0.39, 0.29) is 16.9 Å². The van der Waals surface area contributed by atoms with Gasteiger partial charge in [0.15, 0.2) is 22.5 Å². The fraction of sp³-hybridized carbons (Fsp3) is 0.444. The molecule has 43 heavy (non-hydrogen) atoms. The summed E-state index contributed by atoms with van der Waals surface area (Å²) in [7, 11) is 0. The van der Waals surface area contributed by atoms with E-state index in [2.05, 4.69) is 0 Å². The molecule has 3 aromatic rings. The van der Waals surface area contributed by atoms with Crippen LogP contribution in [0.25, 0.3) is 22.3 Å². The summed E-state index contributed by atoms with van der Waals surface area (Å²) < 4.78 is 22.8. The highest BCUT2D eigenvalue weighted by Crippen LogP contribution is 2.45. The van der Waals surface area contributed by atoms with Crippen LogP contribution in [0.15, 0.2) is 39.5 Å². The predicted octanol–water partition coefficient (Wildman–Crippen LogP) is -2.73. The molecule has 2 aliphatic rings. The van der Waals surface area contributed by atoms with Crippen LogP contribution < -0.4 is 10.2 Å². The molecule has 0 radical (unpaired) electrons. The van der Waals surface area contributed by atoms with Gasteiger partial charge in [-0.25, -0.2) is 0 Å². The van der Waals surface area contributed by atoms with Gasteiger partial charge in [-0.3, -0.25) is 4.79 Å². The molecule has 2 fully saturated rings. The maximum Gasteiger partial charge on any atom is 0.229 e. The molecular weight excluding hydrogens is 580 g/mol. The third-order valence-electron chi connectivity index (χ3n) is 7.51. The Hall–Kier alpha value is -3.55. The predicted molar refractivity (Wildman–Crippen MR) is 140 cm³/mol. The summed E-state index contributed by atoms with van der Waals surface area (Å²) in [5, 5.41) is 112. The zero-order valence-electron chi connectivity index (χ0n) is 22.0. The van der Waals surface area contributed by atoms with Crippen LogP contribution in [0, 0.1) is 0 Å². The summed E-state index contributed by atoms with van der Waals surface area (Å²) in [4.78, 5) is 13.3. The highest BCUT2D eigenvalue weighted by molar-refractivity contribution is 5.90. The molecule has 10 atom stereocenters. The number of ether oxygens (including phenoxy) is 3. The Morgan fingerprint density at radius 3 is 1.95 bits per heavy atom. The average molecular weight is 611 g/mol. The lowest BCUT2D eigenvalue weighted by molar-refractivity contribution is -0.278. The molecule has 2 saturated heterocycles. The number of aliphatic hydroxyl groups is 8. The number of benzene rings is 2. The lowest BCUT2D eigenvalue weighted by Gasteiger charge is -2.42. The number of aromatic hydroxyl groups is 3. The third kappa shape index (κ3) is 5.38. The minimum atomic E-state index is -1.96. The van der Waals surface area contributed by atoms with Crippen LogP contribution in [-0.2, 0) is 9.47 Å². The van der Waals surface area contributed by atoms with Crippen molar-refractivity contribution < 1.29 is 74.8 Å². The molecule has 5 rings (SSSR count). The van der Waals surface area contributed by atoms with Crippen LogP contribution in [0.1, 0.15) is 11.7 Å². The average Bonchev–Trinajstić information content (AvgIpc) is 2.98. The number of rotatable bonds is 6. The van der Waals surface area contributed by atoms with Gasteiger partial charge in [-0.1, -0.05) is 0 Å². The van der Waals surface area contributed by atoms with Gasteiger partial charge in [-0.05, 0) is 18.2 Å². The van der Waals surface area contributed by atoms with Crippen LogP contribution in [0.2, 0.25) is 0 Å². The Balaban J connectivity index is 1.74. The molecule has 2 aromatic carbocycles.